The maximum atomic E-state index is 12.4. The molecule has 0 saturated carbocycles. The van der Waals surface area contributed by atoms with Gasteiger partial charge in [-0.1, -0.05) is 38.5 Å². The summed E-state index contributed by atoms with van der Waals surface area (Å²) in [6, 6.07) is 12.8. The van der Waals surface area contributed by atoms with Gasteiger partial charge in [0.2, 0.25) is 11.8 Å². The van der Waals surface area contributed by atoms with E-state index in [0.717, 1.165) is 16.9 Å². The molecule has 2 aromatic rings. The minimum absolute atomic E-state index is 0.0561. The van der Waals surface area contributed by atoms with Gasteiger partial charge in [-0.2, -0.15) is 0 Å². The molecule has 1 aliphatic heterocycles. The van der Waals surface area contributed by atoms with Crippen LogP contribution in [-0.2, 0) is 9.59 Å². The Kier molecular flexibility index (Phi) is 7.38. The molecule has 3 N–H and O–H groups in total. The number of benzene rings is 2. The molecule has 176 valence electrons. The number of hydrogen-bond acceptors (Lipinski definition) is 5. The molecule has 1 heterocycles. The van der Waals surface area contributed by atoms with E-state index in [1.165, 1.54) is 0 Å². The van der Waals surface area contributed by atoms with Crippen LogP contribution in [0.25, 0.3) is 0 Å². The van der Waals surface area contributed by atoms with E-state index in [0.29, 0.717) is 32.7 Å². The molecule has 0 spiro atoms. The molecule has 0 atom stereocenters. The van der Waals surface area contributed by atoms with Gasteiger partial charge in [0, 0.05) is 43.0 Å². The van der Waals surface area contributed by atoms with Gasteiger partial charge in [-0.05, 0) is 37.3 Å². The molecule has 0 unspecified atom stereocenters. The maximum absolute atomic E-state index is 12.4. The summed E-state index contributed by atoms with van der Waals surface area (Å²) in [4.78, 5) is 40.6. The average Bonchev–Trinajstić information content (AvgIpc) is 2.75. The number of nitrogens with zero attached hydrogens (tertiary/aromatic N) is 2. The predicted molar refractivity (Wildman–Crippen MR) is 130 cm³/mol. The standard InChI is InChI=1S/C25H32N4O4/c1-17-5-7-18(8-6-17)26-22(30)16-28-11-13-29(14-12-28)19-9-10-21(20(15-19)23(31)32)27-24(33)25(2,3)4/h5-10,15H,11-14,16H2,1-4H3,(H,26,30)(H,27,33)(H,31,32). The Morgan fingerprint density at radius 1 is 0.939 bits per heavy atom. The topological polar surface area (TPSA) is 102 Å². The number of anilines is 3. The molecule has 0 radical (unpaired) electrons. The van der Waals surface area contributed by atoms with E-state index in [2.05, 4.69) is 20.4 Å². The van der Waals surface area contributed by atoms with Crippen molar-refractivity contribution >= 4 is 34.8 Å². The maximum Gasteiger partial charge on any atom is 0.337 e. The summed E-state index contributed by atoms with van der Waals surface area (Å²) in [6.45, 7) is 10.3. The van der Waals surface area contributed by atoms with Gasteiger partial charge in [-0.3, -0.25) is 14.5 Å². The minimum Gasteiger partial charge on any atom is -0.478 e. The zero-order valence-electron chi connectivity index (χ0n) is 19.6. The van der Waals surface area contributed by atoms with Gasteiger partial charge in [-0.15, -0.1) is 0 Å². The van der Waals surface area contributed by atoms with Crippen molar-refractivity contribution in [3.05, 3.63) is 53.6 Å². The number of piperazine rings is 1. The third-order valence-corrected chi connectivity index (χ3v) is 5.60. The zero-order valence-corrected chi connectivity index (χ0v) is 19.6. The largest absolute Gasteiger partial charge is 0.478 e. The first-order valence-corrected chi connectivity index (χ1v) is 11.1. The van der Waals surface area contributed by atoms with Crippen LogP contribution in [0, 0.1) is 12.3 Å². The van der Waals surface area contributed by atoms with Crippen molar-refractivity contribution in [1.29, 1.82) is 0 Å². The number of hydrogen-bond donors (Lipinski definition) is 3. The van der Waals surface area contributed by atoms with E-state index in [4.69, 9.17) is 0 Å². The van der Waals surface area contributed by atoms with Crippen LogP contribution in [0.15, 0.2) is 42.5 Å². The second-order valence-corrected chi connectivity index (χ2v) is 9.42. The zero-order chi connectivity index (χ0) is 24.2. The van der Waals surface area contributed by atoms with Crippen LogP contribution in [0.1, 0.15) is 36.7 Å². The fourth-order valence-corrected chi connectivity index (χ4v) is 3.53. The highest BCUT2D eigenvalue weighted by molar-refractivity contribution is 6.02. The van der Waals surface area contributed by atoms with Crippen LogP contribution < -0.4 is 15.5 Å². The summed E-state index contributed by atoms with van der Waals surface area (Å²) in [5.41, 5.74) is 2.42. The number of carbonyl (C=O) groups excluding carboxylic acids is 2. The number of aromatic carboxylic acids is 1. The third-order valence-electron chi connectivity index (χ3n) is 5.60. The van der Waals surface area contributed by atoms with Gasteiger partial charge < -0.3 is 20.6 Å². The summed E-state index contributed by atoms with van der Waals surface area (Å²) < 4.78 is 0. The second kappa shape index (κ2) is 10.0. The highest BCUT2D eigenvalue weighted by Gasteiger charge is 2.25. The molecular weight excluding hydrogens is 420 g/mol. The van der Waals surface area contributed by atoms with Crippen molar-refractivity contribution in [2.24, 2.45) is 5.41 Å². The van der Waals surface area contributed by atoms with Gasteiger partial charge in [0.15, 0.2) is 0 Å². The molecule has 0 aliphatic carbocycles. The van der Waals surface area contributed by atoms with Gasteiger partial charge >= 0.3 is 5.97 Å². The molecule has 2 aromatic carbocycles. The SMILES string of the molecule is Cc1ccc(NC(=O)CN2CCN(c3ccc(NC(=O)C(C)(C)C)c(C(=O)O)c3)CC2)cc1. The Morgan fingerprint density at radius 3 is 2.15 bits per heavy atom. The van der Waals surface area contributed by atoms with Crippen LogP contribution >= 0.6 is 0 Å². The van der Waals surface area contributed by atoms with Crippen molar-refractivity contribution < 1.29 is 19.5 Å². The van der Waals surface area contributed by atoms with Gasteiger partial charge in [0.05, 0.1) is 17.8 Å². The van der Waals surface area contributed by atoms with E-state index in [9.17, 15) is 19.5 Å². The number of carbonyl (C=O) groups is 3. The van der Waals surface area contributed by atoms with Gasteiger partial charge in [0.1, 0.15) is 0 Å². The van der Waals surface area contributed by atoms with E-state index < -0.39 is 11.4 Å². The molecule has 3 rings (SSSR count). The van der Waals surface area contributed by atoms with Crippen molar-refractivity contribution in [1.82, 2.24) is 4.90 Å². The van der Waals surface area contributed by atoms with Crippen LogP contribution in [-0.4, -0.2) is 60.5 Å². The number of carboxylic acid groups (broad SMARTS) is 1. The fourth-order valence-electron chi connectivity index (χ4n) is 3.53. The quantitative estimate of drug-likeness (QED) is 0.621. The summed E-state index contributed by atoms with van der Waals surface area (Å²) in [5.74, 6) is -1.39. The van der Waals surface area contributed by atoms with Crippen molar-refractivity contribution in [2.75, 3.05) is 48.3 Å². The number of carboxylic acids is 1. The molecule has 0 bridgehead atoms. The predicted octanol–water partition coefficient (Wildman–Crippen LogP) is 3.44. The Bertz CT molecular complexity index is 1020. The molecular formula is C25H32N4O4. The molecule has 1 aliphatic rings. The smallest absolute Gasteiger partial charge is 0.337 e. The lowest BCUT2D eigenvalue weighted by molar-refractivity contribution is -0.123. The number of aryl methyl sites for hydroxylation is 1. The van der Waals surface area contributed by atoms with E-state index in [-0.39, 0.29) is 23.1 Å². The van der Waals surface area contributed by atoms with Crippen molar-refractivity contribution in [3.8, 4) is 0 Å². The number of nitrogens with one attached hydrogen (secondary N) is 2. The van der Waals surface area contributed by atoms with E-state index in [1.807, 2.05) is 37.3 Å². The Balaban J connectivity index is 1.59. The lowest BCUT2D eigenvalue weighted by Crippen LogP contribution is -2.48. The fraction of sp³-hybridized carbons (Fsp3) is 0.400. The van der Waals surface area contributed by atoms with E-state index >= 15 is 0 Å². The van der Waals surface area contributed by atoms with Crippen LogP contribution in [0.2, 0.25) is 0 Å². The van der Waals surface area contributed by atoms with Gasteiger partial charge in [-0.25, -0.2) is 4.79 Å². The first-order chi connectivity index (χ1) is 15.5. The first-order valence-electron chi connectivity index (χ1n) is 11.1. The highest BCUT2D eigenvalue weighted by atomic mass is 16.4. The first kappa shape index (κ1) is 24.3. The molecule has 8 heteroatoms. The van der Waals surface area contributed by atoms with Crippen LogP contribution in [0.5, 0.6) is 0 Å². The van der Waals surface area contributed by atoms with Crippen molar-refractivity contribution in [2.45, 2.75) is 27.7 Å². The number of rotatable bonds is 6. The summed E-state index contributed by atoms with van der Waals surface area (Å²) in [5, 5.41) is 15.3. The molecule has 33 heavy (non-hydrogen) atoms. The lowest BCUT2D eigenvalue weighted by Gasteiger charge is -2.36. The Hall–Kier alpha value is -3.39. The Labute approximate surface area is 194 Å². The van der Waals surface area contributed by atoms with Crippen molar-refractivity contribution in [3.63, 3.8) is 0 Å². The molecule has 0 aromatic heterocycles. The second-order valence-electron chi connectivity index (χ2n) is 9.42. The summed E-state index contributed by atoms with van der Waals surface area (Å²) >= 11 is 0. The summed E-state index contributed by atoms with van der Waals surface area (Å²) in [7, 11) is 0. The molecule has 2 amide bonds. The lowest BCUT2D eigenvalue weighted by atomic mass is 9.95. The number of amides is 2. The minimum atomic E-state index is -1.09. The monoisotopic (exact) mass is 452 g/mol. The van der Waals surface area contributed by atoms with Crippen LogP contribution in [0.3, 0.4) is 0 Å². The van der Waals surface area contributed by atoms with E-state index in [1.54, 1.807) is 32.9 Å². The molecule has 1 saturated heterocycles. The summed E-state index contributed by atoms with van der Waals surface area (Å²) in [6.07, 6.45) is 0. The average molecular weight is 453 g/mol. The van der Waals surface area contributed by atoms with Gasteiger partial charge in [0.25, 0.3) is 0 Å². The Morgan fingerprint density at radius 2 is 1.58 bits per heavy atom. The van der Waals surface area contributed by atoms with Crippen LogP contribution in [0.4, 0.5) is 17.1 Å². The molecule has 8 nitrogen and oxygen atoms in total. The highest BCUT2D eigenvalue weighted by Crippen LogP contribution is 2.26. The molecule has 1 fully saturated rings. The third kappa shape index (κ3) is 6.55. The normalized spacial score (nSPS) is 14.6.